The van der Waals surface area contributed by atoms with Gasteiger partial charge in [0.1, 0.15) is 0 Å². The number of aliphatic hydroxyl groups excluding tert-OH is 1. The molecule has 0 aliphatic carbocycles. The summed E-state index contributed by atoms with van der Waals surface area (Å²) in [6, 6.07) is 8.24. The Morgan fingerprint density at radius 3 is 2.52 bits per heavy atom. The molecule has 0 radical (unpaired) electrons. The van der Waals surface area contributed by atoms with Crippen molar-refractivity contribution in [2.75, 3.05) is 26.2 Å². The zero-order valence-corrected chi connectivity index (χ0v) is 22.6. The molecule has 0 bridgehead atoms. The third-order valence-electron chi connectivity index (χ3n) is 8.14. The number of piperidine rings is 1. The van der Waals surface area contributed by atoms with Gasteiger partial charge < -0.3 is 25.0 Å². The number of fused-ring (bicyclic) bond motifs is 2. The van der Waals surface area contributed by atoms with E-state index in [0.29, 0.717) is 54.0 Å². The maximum Gasteiger partial charge on any atom is 0.416 e. The van der Waals surface area contributed by atoms with Gasteiger partial charge in [0.2, 0.25) is 0 Å². The van der Waals surface area contributed by atoms with E-state index in [1.807, 2.05) is 6.07 Å². The predicted molar refractivity (Wildman–Crippen MR) is 146 cm³/mol. The van der Waals surface area contributed by atoms with Crippen LogP contribution in [0.15, 0.2) is 47.4 Å². The molecule has 4 aromatic rings. The van der Waals surface area contributed by atoms with E-state index >= 15 is 0 Å². The molecule has 1 aromatic carbocycles. The molecular weight excluding hydrogens is 555 g/mol. The fourth-order valence-corrected chi connectivity index (χ4v) is 6.07. The summed E-state index contributed by atoms with van der Waals surface area (Å²) in [4.78, 5) is 34.8. The molecular formula is C28H30F3N7O4. The SMILES string of the molecule is O=C(O)N1CCc2c(c(-c3ccc(C(F)(F)F)cc3)nn2CC(O)CN2CCC(n3c(=O)[nH]c4cccnc43)CC2)C1. The summed E-state index contributed by atoms with van der Waals surface area (Å²) in [5.74, 6) is 0. The molecule has 0 saturated carbocycles. The van der Waals surface area contributed by atoms with E-state index in [-0.39, 0.29) is 31.4 Å². The second-order valence-corrected chi connectivity index (χ2v) is 10.8. The van der Waals surface area contributed by atoms with E-state index in [9.17, 15) is 33.0 Å². The van der Waals surface area contributed by atoms with E-state index in [4.69, 9.17) is 0 Å². The highest BCUT2D eigenvalue weighted by Crippen LogP contribution is 2.34. The quantitative estimate of drug-likeness (QED) is 0.316. The number of aromatic nitrogens is 5. The number of rotatable bonds is 6. The van der Waals surface area contributed by atoms with Crippen molar-refractivity contribution in [3.63, 3.8) is 0 Å². The lowest BCUT2D eigenvalue weighted by atomic mass is 10.00. The molecule has 1 amide bonds. The number of nitrogens with one attached hydrogen (secondary N) is 1. The second kappa shape index (κ2) is 10.9. The van der Waals surface area contributed by atoms with Crippen molar-refractivity contribution in [3.05, 3.63) is 69.9 Å². The van der Waals surface area contributed by atoms with E-state index in [0.717, 1.165) is 30.7 Å². The molecule has 11 nitrogen and oxygen atoms in total. The first-order chi connectivity index (χ1) is 20.1. The fourth-order valence-electron chi connectivity index (χ4n) is 6.07. The minimum atomic E-state index is -4.47. The zero-order chi connectivity index (χ0) is 29.6. The number of H-pyrrole nitrogens is 1. The Morgan fingerprint density at radius 1 is 1.10 bits per heavy atom. The second-order valence-electron chi connectivity index (χ2n) is 10.8. The first-order valence-electron chi connectivity index (χ1n) is 13.8. The fraction of sp³-hybridized carbons (Fsp3) is 0.429. The number of pyridine rings is 1. The summed E-state index contributed by atoms with van der Waals surface area (Å²) in [5.41, 5.74) is 2.63. The predicted octanol–water partition coefficient (Wildman–Crippen LogP) is 3.34. The van der Waals surface area contributed by atoms with E-state index in [2.05, 4.69) is 20.0 Å². The lowest BCUT2D eigenvalue weighted by Crippen LogP contribution is -2.42. The number of amides is 1. The van der Waals surface area contributed by atoms with Gasteiger partial charge in [-0.15, -0.1) is 0 Å². The van der Waals surface area contributed by atoms with Crippen molar-refractivity contribution in [1.82, 2.24) is 34.1 Å². The monoisotopic (exact) mass is 585 g/mol. The van der Waals surface area contributed by atoms with Crippen molar-refractivity contribution in [1.29, 1.82) is 0 Å². The minimum absolute atomic E-state index is 0.00356. The number of likely N-dealkylation sites (tertiary alicyclic amines) is 1. The number of halogens is 3. The summed E-state index contributed by atoms with van der Waals surface area (Å²) in [6.45, 7) is 2.20. The van der Waals surface area contributed by atoms with Gasteiger partial charge in [-0.25, -0.2) is 14.6 Å². The first kappa shape index (κ1) is 28.0. The van der Waals surface area contributed by atoms with Crippen LogP contribution in [0.5, 0.6) is 0 Å². The van der Waals surface area contributed by atoms with E-state index in [1.54, 1.807) is 21.5 Å². The van der Waals surface area contributed by atoms with Crippen molar-refractivity contribution < 1.29 is 28.2 Å². The Bertz CT molecular complexity index is 1650. The van der Waals surface area contributed by atoms with Gasteiger partial charge in [-0.1, -0.05) is 12.1 Å². The Labute approximate surface area is 237 Å². The zero-order valence-electron chi connectivity index (χ0n) is 22.6. The lowest BCUT2D eigenvalue weighted by Gasteiger charge is -2.33. The molecule has 3 N–H and O–H groups in total. The molecule has 222 valence electrons. The first-order valence-corrected chi connectivity index (χ1v) is 13.8. The average Bonchev–Trinajstić information content (AvgIpc) is 3.49. The summed E-state index contributed by atoms with van der Waals surface area (Å²) in [7, 11) is 0. The van der Waals surface area contributed by atoms with Gasteiger partial charge in [0, 0.05) is 61.7 Å². The molecule has 6 rings (SSSR count). The number of carboxylic acid groups (broad SMARTS) is 1. The lowest BCUT2D eigenvalue weighted by molar-refractivity contribution is -0.137. The number of carbonyl (C=O) groups is 1. The van der Waals surface area contributed by atoms with Gasteiger partial charge in [-0.3, -0.25) is 9.25 Å². The number of hydrogen-bond acceptors (Lipinski definition) is 6. The Kier molecular flexibility index (Phi) is 7.27. The van der Waals surface area contributed by atoms with Crippen LogP contribution in [-0.4, -0.2) is 82.7 Å². The topological polar surface area (TPSA) is 133 Å². The Hall–Kier alpha value is -4.17. The van der Waals surface area contributed by atoms with Gasteiger partial charge in [-0.05, 0) is 37.1 Å². The highest BCUT2D eigenvalue weighted by Gasteiger charge is 2.32. The molecule has 5 heterocycles. The molecule has 14 heteroatoms. The van der Waals surface area contributed by atoms with Gasteiger partial charge in [0.15, 0.2) is 5.65 Å². The molecule has 1 fully saturated rings. The third-order valence-corrected chi connectivity index (χ3v) is 8.14. The molecule has 2 aliphatic rings. The Morgan fingerprint density at radius 2 is 1.83 bits per heavy atom. The molecule has 1 unspecified atom stereocenters. The third kappa shape index (κ3) is 5.39. The van der Waals surface area contributed by atoms with Gasteiger partial charge in [0.05, 0.1) is 36.0 Å². The van der Waals surface area contributed by atoms with Crippen molar-refractivity contribution in [2.24, 2.45) is 0 Å². The number of β-amino-alcohol motifs (C(OH)–C–C–N with tert-alkyl or cyclic N) is 1. The van der Waals surface area contributed by atoms with Crippen LogP contribution in [0, 0.1) is 0 Å². The number of aliphatic hydroxyl groups is 1. The smallest absolute Gasteiger partial charge is 0.416 e. The number of nitrogens with zero attached hydrogens (tertiary/aromatic N) is 6. The van der Waals surface area contributed by atoms with Crippen molar-refractivity contribution >= 4 is 17.3 Å². The number of benzene rings is 1. The van der Waals surface area contributed by atoms with Crippen LogP contribution in [0.4, 0.5) is 18.0 Å². The molecule has 1 atom stereocenters. The highest BCUT2D eigenvalue weighted by molar-refractivity contribution is 5.70. The minimum Gasteiger partial charge on any atom is -0.465 e. The van der Waals surface area contributed by atoms with Crippen LogP contribution in [0.2, 0.25) is 0 Å². The van der Waals surface area contributed by atoms with Crippen LogP contribution >= 0.6 is 0 Å². The molecule has 1 saturated heterocycles. The number of imidazole rings is 1. The number of alkyl halides is 3. The Balaban J connectivity index is 1.16. The van der Waals surface area contributed by atoms with Crippen LogP contribution in [0.1, 0.15) is 35.7 Å². The van der Waals surface area contributed by atoms with Gasteiger partial charge >= 0.3 is 18.0 Å². The van der Waals surface area contributed by atoms with Gasteiger partial charge in [-0.2, -0.15) is 18.3 Å². The standard InChI is InChI=1S/C28H30F3N7O4/c29-28(30,31)18-5-3-17(4-6-18)24-21-16-36(27(41)42)13-9-23(21)37(34-24)15-20(39)14-35-11-7-19(8-12-35)38-25-22(33-26(38)40)2-1-10-32-25/h1-6,10,19-20,39H,7-9,11-16H2,(H,33,40)(H,41,42). The van der Waals surface area contributed by atoms with Crippen LogP contribution in [0.3, 0.4) is 0 Å². The number of aromatic amines is 1. The summed E-state index contributed by atoms with van der Waals surface area (Å²) >= 11 is 0. The highest BCUT2D eigenvalue weighted by atomic mass is 19.4. The maximum absolute atomic E-state index is 13.1. The van der Waals surface area contributed by atoms with Crippen molar-refractivity contribution in [2.45, 2.75) is 50.7 Å². The van der Waals surface area contributed by atoms with Crippen LogP contribution in [0.25, 0.3) is 22.4 Å². The normalized spacial score (nSPS) is 17.5. The maximum atomic E-state index is 13.1. The molecule has 0 spiro atoms. The summed E-state index contributed by atoms with van der Waals surface area (Å²) < 4.78 is 42.7. The van der Waals surface area contributed by atoms with Crippen LogP contribution in [-0.2, 0) is 25.7 Å². The van der Waals surface area contributed by atoms with E-state index < -0.39 is 23.9 Å². The molecule has 42 heavy (non-hydrogen) atoms. The average molecular weight is 586 g/mol. The molecule has 2 aliphatic heterocycles. The van der Waals surface area contributed by atoms with Gasteiger partial charge in [0.25, 0.3) is 0 Å². The van der Waals surface area contributed by atoms with E-state index in [1.165, 1.54) is 17.0 Å². The van der Waals surface area contributed by atoms with Crippen LogP contribution < -0.4 is 5.69 Å². The molecule has 3 aromatic heterocycles. The number of hydrogen-bond donors (Lipinski definition) is 3. The largest absolute Gasteiger partial charge is 0.465 e. The summed E-state index contributed by atoms with van der Waals surface area (Å²) in [5, 5.41) is 25.2. The van der Waals surface area contributed by atoms with Crippen molar-refractivity contribution in [3.8, 4) is 11.3 Å². The summed E-state index contributed by atoms with van der Waals surface area (Å²) in [6.07, 6.45) is -2.87.